The Hall–Kier alpha value is -1.11. The lowest BCUT2D eigenvalue weighted by atomic mass is 10.0. The van der Waals surface area contributed by atoms with E-state index < -0.39 is 0 Å². The van der Waals surface area contributed by atoms with Crippen LogP contribution in [0.25, 0.3) is 0 Å². The van der Waals surface area contributed by atoms with E-state index >= 15 is 0 Å². The monoisotopic (exact) mass is 427 g/mol. The minimum absolute atomic E-state index is 0.00210. The van der Waals surface area contributed by atoms with Crippen molar-refractivity contribution in [1.29, 1.82) is 0 Å². The first kappa shape index (κ1) is 17.7. The fourth-order valence-electron chi connectivity index (χ4n) is 2.77. The van der Waals surface area contributed by atoms with Crippen LogP contribution in [0.2, 0.25) is 5.02 Å². The summed E-state index contributed by atoms with van der Waals surface area (Å²) >= 11 is 11.2. The average Bonchev–Trinajstić information content (AvgIpc) is 3.05. The predicted octanol–water partition coefficient (Wildman–Crippen LogP) is 4.84. The van der Waals surface area contributed by atoms with Crippen LogP contribution in [0.1, 0.15) is 35.8 Å². The maximum atomic E-state index is 12.7. The van der Waals surface area contributed by atoms with Crippen molar-refractivity contribution < 1.29 is 4.79 Å². The summed E-state index contributed by atoms with van der Waals surface area (Å²) in [5.41, 5.74) is 1.68. The summed E-state index contributed by atoms with van der Waals surface area (Å²) < 4.78 is 0.863. The lowest BCUT2D eigenvalue weighted by Crippen LogP contribution is -2.42. The van der Waals surface area contributed by atoms with Gasteiger partial charge in [0.2, 0.25) is 0 Å². The summed E-state index contributed by atoms with van der Waals surface area (Å²) in [7, 11) is 0. The Morgan fingerprint density at radius 2 is 2.21 bits per heavy atom. The van der Waals surface area contributed by atoms with Gasteiger partial charge in [-0.1, -0.05) is 34.5 Å². The first-order chi connectivity index (χ1) is 11.6. The molecule has 1 aromatic carbocycles. The van der Waals surface area contributed by atoms with E-state index in [1.54, 1.807) is 23.5 Å². The van der Waals surface area contributed by atoms with Gasteiger partial charge in [-0.2, -0.15) is 0 Å². The quantitative estimate of drug-likeness (QED) is 0.758. The van der Waals surface area contributed by atoms with Gasteiger partial charge in [0.05, 0.1) is 16.3 Å². The molecule has 1 aliphatic heterocycles. The Labute approximate surface area is 159 Å². The standard InChI is InChI=1S/C17H19BrClN3OS/c1-2-12-10-24-17(20-12)21-13-5-7-22(8-6-13)16(23)14-9-11(18)3-4-15(14)19/h3-4,9-10,13H,2,5-8H2,1H3,(H,20,21). The second-order valence-corrected chi connectivity index (χ2v) is 8.01. The molecular weight excluding hydrogens is 410 g/mol. The number of carbonyl (C=O) groups excluding carboxylic acids is 1. The second-order valence-electron chi connectivity index (χ2n) is 5.83. The average molecular weight is 429 g/mol. The van der Waals surface area contributed by atoms with Crippen LogP contribution >= 0.6 is 38.9 Å². The van der Waals surface area contributed by atoms with Gasteiger partial charge in [0.25, 0.3) is 5.91 Å². The van der Waals surface area contributed by atoms with Gasteiger partial charge in [0, 0.05) is 29.0 Å². The van der Waals surface area contributed by atoms with Gasteiger partial charge in [-0.15, -0.1) is 11.3 Å². The topological polar surface area (TPSA) is 45.2 Å². The van der Waals surface area contributed by atoms with E-state index in [1.165, 1.54) is 0 Å². The number of hydrogen-bond acceptors (Lipinski definition) is 4. The Morgan fingerprint density at radius 1 is 1.46 bits per heavy atom. The molecule has 0 bridgehead atoms. The number of halogens is 2. The molecule has 1 fully saturated rings. The molecular formula is C17H19BrClN3OS. The van der Waals surface area contributed by atoms with Crippen molar-refractivity contribution in [2.24, 2.45) is 0 Å². The van der Waals surface area contributed by atoms with E-state index in [4.69, 9.17) is 11.6 Å². The zero-order valence-corrected chi connectivity index (χ0v) is 16.5. The van der Waals surface area contributed by atoms with Crippen molar-refractivity contribution >= 4 is 49.9 Å². The third-order valence-corrected chi connectivity index (χ3v) is 5.83. The third kappa shape index (κ3) is 4.10. The molecule has 0 aliphatic carbocycles. The Balaban J connectivity index is 1.58. The van der Waals surface area contributed by atoms with Gasteiger partial charge in [-0.25, -0.2) is 4.98 Å². The van der Waals surface area contributed by atoms with Crippen molar-refractivity contribution in [1.82, 2.24) is 9.88 Å². The summed E-state index contributed by atoms with van der Waals surface area (Å²) in [6.45, 7) is 3.56. The lowest BCUT2D eigenvalue weighted by molar-refractivity contribution is 0.0718. The van der Waals surface area contributed by atoms with Crippen LogP contribution in [0.15, 0.2) is 28.1 Å². The molecule has 1 aliphatic rings. The van der Waals surface area contributed by atoms with Crippen molar-refractivity contribution in [3.63, 3.8) is 0 Å². The molecule has 128 valence electrons. The number of nitrogens with one attached hydrogen (secondary N) is 1. The summed E-state index contributed by atoms with van der Waals surface area (Å²) in [6.07, 6.45) is 2.79. The molecule has 2 aromatic rings. The van der Waals surface area contributed by atoms with Crippen LogP contribution in [-0.4, -0.2) is 34.9 Å². The second kappa shape index (κ2) is 7.85. The highest BCUT2D eigenvalue weighted by atomic mass is 79.9. The van der Waals surface area contributed by atoms with Gasteiger partial charge in [0.1, 0.15) is 0 Å². The largest absolute Gasteiger partial charge is 0.359 e. The normalized spacial score (nSPS) is 15.5. The Kier molecular flexibility index (Phi) is 5.79. The summed E-state index contributed by atoms with van der Waals surface area (Å²) in [5.74, 6) is 0.00210. The number of anilines is 1. The van der Waals surface area contributed by atoms with Crippen LogP contribution < -0.4 is 5.32 Å². The SMILES string of the molecule is CCc1csc(NC2CCN(C(=O)c3cc(Br)ccc3Cl)CC2)n1. The van der Waals surface area contributed by atoms with E-state index in [9.17, 15) is 4.79 Å². The van der Waals surface area contributed by atoms with Gasteiger partial charge in [-0.3, -0.25) is 4.79 Å². The van der Waals surface area contributed by atoms with Crippen LogP contribution in [0, 0.1) is 0 Å². The fourth-order valence-corrected chi connectivity index (χ4v) is 4.20. The highest BCUT2D eigenvalue weighted by molar-refractivity contribution is 9.10. The number of nitrogens with zero attached hydrogens (tertiary/aromatic N) is 2. The summed E-state index contributed by atoms with van der Waals surface area (Å²) in [5, 5.41) is 7.06. The molecule has 7 heteroatoms. The first-order valence-corrected chi connectivity index (χ1v) is 10.1. The summed E-state index contributed by atoms with van der Waals surface area (Å²) in [6, 6.07) is 5.74. The molecule has 1 amide bonds. The molecule has 1 saturated heterocycles. The van der Waals surface area contributed by atoms with Gasteiger partial charge >= 0.3 is 0 Å². The number of benzene rings is 1. The highest BCUT2D eigenvalue weighted by Gasteiger charge is 2.25. The van der Waals surface area contributed by atoms with Crippen LogP contribution in [-0.2, 0) is 6.42 Å². The molecule has 2 heterocycles. The third-order valence-electron chi connectivity index (χ3n) is 4.18. The van der Waals surface area contributed by atoms with E-state index in [0.29, 0.717) is 16.6 Å². The number of thiazole rings is 1. The summed E-state index contributed by atoms with van der Waals surface area (Å²) in [4.78, 5) is 19.1. The van der Waals surface area contributed by atoms with Crippen LogP contribution in [0.3, 0.4) is 0 Å². The van der Waals surface area contributed by atoms with Crippen LogP contribution in [0.4, 0.5) is 5.13 Å². The van der Waals surface area contributed by atoms with E-state index in [-0.39, 0.29) is 5.91 Å². The number of aryl methyl sites for hydroxylation is 1. The zero-order chi connectivity index (χ0) is 17.1. The van der Waals surface area contributed by atoms with E-state index in [1.807, 2.05) is 11.0 Å². The fraction of sp³-hybridized carbons (Fsp3) is 0.412. The zero-order valence-electron chi connectivity index (χ0n) is 13.4. The minimum atomic E-state index is 0.00210. The molecule has 0 saturated carbocycles. The Bertz CT molecular complexity index is 728. The number of hydrogen-bond donors (Lipinski definition) is 1. The first-order valence-electron chi connectivity index (χ1n) is 8.02. The van der Waals surface area contributed by atoms with Crippen molar-refractivity contribution in [2.75, 3.05) is 18.4 Å². The number of carbonyl (C=O) groups is 1. The number of rotatable bonds is 4. The lowest BCUT2D eigenvalue weighted by Gasteiger charge is -2.32. The maximum Gasteiger partial charge on any atom is 0.255 e. The van der Waals surface area contributed by atoms with Crippen LogP contribution in [0.5, 0.6) is 0 Å². The number of aromatic nitrogens is 1. The predicted molar refractivity (Wildman–Crippen MR) is 103 cm³/mol. The molecule has 1 N–H and O–H groups in total. The minimum Gasteiger partial charge on any atom is -0.359 e. The van der Waals surface area contributed by atoms with Crippen molar-refractivity contribution in [2.45, 2.75) is 32.2 Å². The highest BCUT2D eigenvalue weighted by Crippen LogP contribution is 2.25. The van der Waals surface area contributed by atoms with Gasteiger partial charge in [-0.05, 0) is 37.5 Å². The molecule has 0 radical (unpaired) electrons. The molecule has 1 aromatic heterocycles. The number of likely N-dealkylation sites (tertiary alicyclic amines) is 1. The number of amides is 1. The molecule has 3 rings (SSSR count). The smallest absolute Gasteiger partial charge is 0.255 e. The van der Waals surface area contributed by atoms with Gasteiger partial charge in [0.15, 0.2) is 5.13 Å². The maximum absolute atomic E-state index is 12.7. The molecule has 0 atom stereocenters. The van der Waals surface area contributed by atoms with Crippen molar-refractivity contribution in [3.8, 4) is 0 Å². The molecule has 4 nitrogen and oxygen atoms in total. The Morgan fingerprint density at radius 3 is 2.88 bits per heavy atom. The molecule has 0 spiro atoms. The number of piperidine rings is 1. The molecule has 24 heavy (non-hydrogen) atoms. The van der Waals surface area contributed by atoms with E-state index in [0.717, 1.165) is 47.7 Å². The molecule has 0 unspecified atom stereocenters. The van der Waals surface area contributed by atoms with Gasteiger partial charge < -0.3 is 10.2 Å². The van der Waals surface area contributed by atoms with E-state index in [2.05, 4.69) is 38.5 Å². The van der Waals surface area contributed by atoms with Crippen molar-refractivity contribution in [3.05, 3.63) is 44.3 Å².